The third-order valence-corrected chi connectivity index (χ3v) is 2.49. The van der Waals surface area contributed by atoms with Gasteiger partial charge in [-0.25, -0.2) is 8.78 Å². The summed E-state index contributed by atoms with van der Waals surface area (Å²) in [4.78, 5) is 1.42. The Morgan fingerprint density at radius 2 is 2.05 bits per heavy atom. The average Bonchev–Trinajstić information content (AvgIpc) is 2.39. The average molecular weight is 270 g/mol. The van der Waals surface area contributed by atoms with E-state index in [0.29, 0.717) is 11.3 Å². The number of alkyl halides is 2. The largest absolute Gasteiger partial charge is 0.491 e. The highest BCUT2D eigenvalue weighted by Crippen LogP contribution is 2.16. The number of hydrogen-bond acceptors (Lipinski definition) is 4. The zero-order valence-electron chi connectivity index (χ0n) is 10.4. The summed E-state index contributed by atoms with van der Waals surface area (Å²) in [5.41, 5.74) is 0.407. The lowest BCUT2D eigenvalue weighted by Gasteiger charge is -2.20. The lowest BCUT2D eigenvalue weighted by molar-refractivity contribution is 0.0708. The van der Waals surface area contributed by atoms with Crippen molar-refractivity contribution in [3.05, 3.63) is 29.8 Å². The Hall–Kier alpha value is -1.71. The number of para-hydroxylation sites is 1. The van der Waals surface area contributed by atoms with E-state index in [9.17, 15) is 8.78 Å². The second-order valence-corrected chi connectivity index (χ2v) is 3.87. The van der Waals surface area contributed by atoms with Gasteiger partial charge in [-0.15, -0.1) is 0 Å². The van der Waals surface area contributed by atoms with E-state index in [2.05, 4.69) is 0 Å². The Kier molecular flexibility index (Phi) is 6.79. The molecule has 0 radical (unpaired) electrons. The molecule has 0 atom stereocenters. The number of halogens is 2. The fourth-order valence-electron chi connectivity index (χ4n) is 1.60. The lowest BCUT2D eigenvalue weighted by Crippen LogP contribution is -2.35. The standard InChI is InChI=1S/C13H16F2N2O2/c14-13(15)10-17(5-7-18)6-8-19-12-4-2-1-3-11(12)9-16/h1-4,13,18H,5-8,10H2. The van der Waals surface area contributed by atoms with Gasteiger partial charge in [0.1, 0.15) is 18.4 Å². The number of nitrogens with zero attached hydrogens (tertiary/aromatic N) is 2. The van der Waals surface area contributed by atoms with Gasteiger partial charge in [-0.2, -0.15) is 5.26 Å². The number of rotatable bonds is 8. The van der Waals surface area contributed by atoms with Crippen molar-refractivity contribution >= 4 is 0 Å². The number of ether oxygens (including phenoxy) is 1. The summed E-state index contributed by atoms with van der Waals surface area (Å²) in [6.45, 7) is 0.0506. The molecule has 0 saturated heterocycles. The van der Waals surface area contributed by atoms with Gasteiger partial charge in [-0.3, -0.25) is 4.90 Å². The monoisotopic (exact) mass is 270 g/mol. The van der Waals surface area contributed by atoms with E-state index in [1.807, 2.05) is 6.07 Å². The Labute approximate surface area is 110 Å². The zero-order chi connectivity index (χ0) is 14.1. The minimum absolute atomic E-state index is 0.174. The van der Waals surface area contributed by atoms with E-state index in [4.69, 9.17) is 15.1 Å². The predicted molar refractivity (Wildman–Crippen MR) is 66.2 cm³/mol. The Bertz CT molecular complexity index is 421. The van der Waals surface area contributed by atoms with E-state index in [0.717, 1.165) is 0 Å². The topological polar surface area (TPSA) is 56.5 Å². The van der Waals surface area contributed by atoms with Crippen LogP contribution in [0.2, 0.25) is 0 Å². The van der Waals surface area contributed by atoms with Gasteiger partial charge in [0.25, 0.3) is 6.43 Å². The summed E-state index contributed by atoms with van der Waals surface area (Å²) >= 11 is 0. The van der Waals surface area contributed by atoms with Gasteiger partial charge in [0.15, 0.2) is 0 Å². The second kappa shape index (κ2) is 8.40. The molecule has 4 nitrogen and oxygen atoms in total. The van der Waals surface area contributed by atoms with Crippen molar-refractivity contribution in [3.63, 3.8) is 0 Å². The van der Waals surface area contributed by atoms with Crippen LogP contribution in [0.25, 0.3) is 0 Å². The highest BCUT2D eigenvalue weighted by molar-refractivity contribution is 5.42. The Morgan fingerprint density at radius 1 is 1.32 bits per heavy atom. The van der Waals surface area contributed by atoms with Crippen LogP contribution in [0, 0.1) is 11.3 Å². The van der Waals surface area contributed by atoms with E-state index in [1.165, 1.54) is 4.90 Å². The molecule has 0 fully saturated rings. The molecule has 1 aromatic rings. The van der Waals surface area contributed by atoms with E-state index in [-0.39, 0.29) is 26.3 Å². The maximum atomic E-state index is 12.3. The summed E-state index contributed by atoms with van der Waals surface area (Å²) in [6, 6.07) is 8.73. The van der Waals surface area contributed by atoms with Crippen LogP contribution in [0.3, 0.4) is 0 Å². The minimum Gasteiger partial charge on any atom is -0.491 e. The van der Waals surface area contributed by atoms with Gasteiger partial charge in [0, 0.05) is 13.1 Å². The molecule has 0 saturated carbocycles. The summed E-state index contributed by atoms with van der Waals surface area (Å²) in [5.74, 6) is 0.436. The molecule has 1 aromatic carbocycles. The fraction of sp³-hybridized carbons (Fsp3) is 0.462. The normalized spacial score (nSPS) is 10.7. The van der Waals surface area contributed by atoms with Crippen LogP contribution < -0.4 is 4.74 Å². The second-order valence-electron chi connectivity index (χ2n) is 3.87. The van der Waals surface area contributed by atoms with E-state index < -0.39 is 13.0 Å². The first-order chi connectivity index (χ1) is 9.17. The third-order valence-electron chi connectivity index (χ3n) is 2.49. The summed E-state index contributed by atoms with van der Waals surface area (Å²) in [5, 5.41) is 17.6. The van der Waals surface area contributed by atoms with Crippen LogP contribution in [0.4, 0.5) is 8.78 Å². The van der Waals surface area contributed by atoms with Crippen molar-refractivity contribution in [2.45, 2.75) is 6.43 Å². The van der Waals surface area contributed by atoms with Crippen molar-refractivity contribution < 1.29 is 18.6 Å². The Morgan fingerprint density at radius 3 is 2.68 bits per heavy atom. The lowest BCUT2D eigenvalue weighted by atomic mass is 10.2. The van der Waals surface area contributed by atoms with Crippen LogP contribution in [-0.4, -0.2) is 49.3 Å². The van der Waals surface area contributed by atoms with Crippen LogP contribution >= 0.6 is 0 Å². The molecule has 0 aliphatic heterocycles. The number of benzene rings is 1. The summed E-state index contributed by atoms with van der Waals surface area (Å²) < 4.78 is 29.9. The predicted octanol–water partition coefficient (Wildman–Crippen LogP) is 1.50. The third kappa shape index (κ3) is 5.64. The summed E-state index contributed by atoms with van der Waals surface area (Å²) in [7, 11) is 0. The fourth-order valence-corrected chi connectivity index (χ4v) is 1.60. The number of hydrogen-bond donors (Lipinski definition) is 1. The molecule has 0 unspecified atom stereocenters. The quantitative estimate of drug-likeness (QED) is 0.777. The molecule has 0 aromatic heterocycles. The molecule has 6 heteroatoms. The van der Waals surface area contributed by atoms with E-state index in [1.54, 1.807) is 24.3 Å². The van der Waals surface area contributed by atoms with Crippen LogP contribution in [0.1, 0.15) is 5.56 Å². The first kappa shape index (κ1) is 15.3. The van der Waals surface area contributed by atoms with Crippen LogP contribution in [-0.2, 0) is 0 Å². The minimum atomic E-state index is -2.45. The maximum absolute atomic E-state index is 12.3. The first-order valence-corrected chi connectivity index (χ1v) is 5.90. The molecule has 1 N–H and O–H groups in total. The maximum Gasteiger partial charge on any atom is 0.251 e. The van der Waals surface area contributed by atoms with Crippen molar-refractivity contribution in [2.24, 2.45) is 0 Å². The first-order valence-electron chi connectivity index (χ1n) is 5.90. The highest BCUT2D eigenvalue weighted by Gasteiger charge is 2.11. The molecule has 1 rings (SSSR count). The SMILES string of the molecule is N#Cc1ccccc1OCCN(CCO)CC(F)F. The van der Waals surface area contributed by atoms with E-state index >= 15 is 0 Å². The Balaban J connectivity index is 2.45. The summed E-state index contributed by atoms with van der Waals surface area (Å²) in [6.07, 6.45) is -2.45. The van der Waals surface area contributed by atoms with Gasteiger partial charge in [-0.1, -0.05) is 12.1 Å². The molecule has 104 valence electrons. The molecular weight excluding hydrogens is 254 g/mol. The van der Waals surface area contributed by atoms with Crippen molar-refractivity contribution in [2.75, 3.05) is 32.8 Å². The molecular formula is C13H16F2N2O2. The highest BCUT2D eigenvalue weighted by atomic mass is 19.3. The molecule has 0 amide bonds. The number of aliphatic hydroxyl groups is 1. The molecule has 0 spiro atoms. The number of aliphatic hydroxyl groups excluding tert-OH is 1. The van der Waals surface area contributed by atoms with Gasteiger partial charge in [0.2, 0.25) is 0 Å². The van der Waals surface area contributed by atoms with Gasteiger partial charge in [-0.05, 0) is 12.1 Å². The zero-order valence-corrected chi connectivity index (χ0v) is 10.4. The number of nitriles is 1. The smallest absolute Gasteiger partial charge is 0.251 e. The van der Waals surface area contributed by atoms with Crippen molar-refractivity contribution in [1.82, 2.24) is 4.90 Å². The van der Waals surface area contributed by atoms with Gasteiger partial charge >= 0.3 is 0 Å². The molecule has 19 heavy (non-hydrogen) atoms. The van der Waals surface area contributed by atoms with Crippen LogP contribution in [0.15, 0.2) is 24.3 Å². The van der Waals surface area contributed by atoms with Gasteiger partial charge in [0.05, 0.1) is 18.7 Å². The van der Waals surface area contributed by atoms with Crippen molar-refractivity contribution in [3.8, 4) is 11.8 Å². The molecule has 0 heterocycles. The molecule has 0 bridgehead atoms. The van der Waals surface area contributed by atoms with Crippen molar-refractivity contribution in [1.29, 1.82) is 5.26 Å². The van der Waals surface area contributed by atoms with Crippen LogP contribution in [0.5, 0.6) is 5.75 Å². The molecule has 0 aliphatic carbocycles. The molecule has 0 aliphatic rings. The van der Waals surface area contributed by atoms with Gasteiger partial charge < -0.3 is 9.84 Å².